The van der Waals surface area contributed by atoms with E-state index in [0.717, 1.165) is 44.1 Å². The standard InChI is InChI=1S/C30H46O5/c1-17-9-12-30(25(34)35)14-13-28(5)19(23(30)18(17)2)7-8-22-26(3)15-20(32)24(33)27(4,16-31)21(26)10-11-29(22,28)6/h7,17,20-24,31-33H,2,8-16H2,1,3-6H3,(H,34,35). The molecule has 0 saturated heterocycles. The molecular formula is C30H46O5. The molecule has 0 radical (unpaired) electrons. The highest BCUT2D eigenvalue weighted by molar-refractivity contribution is 5.77. The molecule has 0 aromatic heterocycles. The number of carboxylic acids is 1. The van der Waals surface area contributed by atoms with Crippen LogP contribution in [0.2, 0.25) is 0 Å². The van der Waals surface area contributed by atoms with Gasteiger partial charge in [0.2, 0.25) is 0 Å². The summed E-state index contributed by atoms with van der Waals surface area (Å²) in [5, 5.41) is 42.8. The van der Waals surface area contributed by atoms with Gasteiger partial charge in [-0.25, -0.2) is 0 Å². The summed E-state index contributed by atoms with van der Waals surface area (Å²) in [6.07, 6.45) is 7.05. The molecule has 11 atom stereocenters. The summed E-state index contributed by atoms with van der Waals surface area (Å²) in [5.41, 5.74) is 0.547. The summed E-state index contributed by atoms with van der Waals surface area (Å²) < 4.78 is 0. The van der Waals surface area contributed by atoms with E-state index in [9.17, 15) is 25.2 Å². The average molecular weight is 487 g/mol. The van der Waals surface area contributed by atoms with Crippen LogP contribution in [0.3, 0.4) is 0 Å². The van der Waals surface area contributed by atoms with Crippen molar-refractivity contribution in [1.82, 2.24) is 0 Å². The maximum atomic E-state index is 12.8. The number of hydrogen-bond acceptors (Lipinski definition) is 4. The molecule has 4 fully saturated rings. The lowest BCUT2D eigenvalue weighted by Gasteiger charge is -2.71. The number of allylic oxidation sites excluding steroid dienone is 3. The Morgan fingerprint density at radius 3 is 2.37 bits per heavy atom. The van der Waals surface area contributed by atoms with E-state index in [-0.39, 0.29) is 34.7 Å². The second-order valence-corrected chi connectivity index (χ2v) is 14.1. The fourth-order valence-electron chi connectivity index (χ4n) is 10.6. The molecule has 11 unspecified atom stereocenters. The quantitative estimate of drug-likeness (QED) is 0.414. The Morgan fingerprint density at radius 1 is 1.06 bits per heavy atom. The first-order valence-electron chi connectivity index (χ1n) is 13.8. The highest BCUT2D eigenvalue weighted by Gasteiger charge is 2.70. The van der Waals surface area contributed by atoms with Crippen LogP contribution in [0.25, 0.3) is 0 Å². The van der Waals surface area contributed by atoms with Crippen LogP contribution in [0.4, 0.5) is 0 Å². The normalized spacial score (nSPS) is 55.7. The molecular weight excluding hydrogens is 440 g/mol. The van der Waals surface area contributed by atoms with Crippen LogP contribution in [0.5, 0.6) is 0 Å². The second-order valence-electron chi connectivity index (χ2n) is 14.1. The monoisotopic (exact) mass is 486 g/mol. The van der Waals surface area contributed by atoms with Crippen LogP contribution in [0.15, 0.2) is 23.8 Å². The Kier molecular flexibility index (Phi) is 5.59. The zero-order valence-corrected chi connectivity index (χ0v) is 22.3. The molecule has 4 saturated carbocycles. The van der Waals surface area contributed by atoms with Crippen LogP contribution in [0.1, 0.15) is 86.0 Å². The molecule has 0 bridgehead atoms. The van der Waals surface area contributed by atoms with Crippen molar-refractivity contribution in [1.29, 1.82) is 0 Å². The zero-order valence-electron chi connectivity index (χ0n) is 22.3. The minimum Gasteiger partial charge on any atom is -0.481 e. The summed E-state index contributed by atoms with van der Waals surface area (Å²) in [4.78, 5) is 12.8. The summed E-state index contributed by atoms with van der Waals surface area (Å²) in [6.45, 7) is 15.6. The van der Waals surface area contributed by atoms with Crippen molar-refractivity contribution < 1.29 is 25.2 Å². The topological polar surface area (TPSA) is 98.0 Å². The number of carboxylic acid groups (broad SMARTS) is 1. The largest absolute Gasteiger partial charge is 0.481 e. The van der Waals surface area contributed by atoms with Crippen molar-refractivity contribution in [3.8, 4) is 0 Å². The predicted octanol–water partition coefficient (Wildman–Crippen LogP) is 4.95. The summed E-state index contributed by atoms with van der Waals surface area (Å²) >= 11 is 0. The SMILES string of the molecule is C=C1C(C)CCC2(C(=O)O)CCC3(C)C(=CCC4C5(C)CC(O)C(O)C(C)(CO)C5CCC43C)C12. The molecule has 5 aliphatic carbocycles. The van der Waals surface area contributed by atoms with Crippen molar-refractivity contribution in [2.75, 3.05) is 6.61 Å². The minimum absolute atomic E-state index is 0.0493. The Bertz CT molecular complexity index is 972. The molecule has 0 aromatic carbocycles. The highest BCUT2D eigenvalue weighted by Crippen LogP contribution is 2.75. The average Bonchev–Trinajstić information content (AvgIpc) is 2.80. The van der Waals surface area contributed by atoms with E-state index >= 15 is 0 Å². The third-order valence-corrected chi connectivity index (χ3v) is 13.0. The maximum absolute atomic E-state index is 12.8. The molecule has 0 spiro atoms. The third kappa shape index (κ3) is 2.89. The molecule has 5 heteroatoms. The van der Waals surface area contributed by atoms with Crippen molar-refractivity contribution in [3.05, 3.63) is 23.8 Å². The molecule has 5 rings (SSSR count). The van der Waals surface area contributed by atoms with Gasteiger partial charge in [-0.15, -0.1) is 0 Å². The first-order chi connectivity index (χ1) is 16.2. The Balaban J connectivity index is 1.63. The number of fused-ring (bicyclic) bond motifs is 7. The van der Waals surface area contributed by atoms with Crippen molar-refractivity contribution in [2.24, 2.45) is 50.7 Å². The van der Waals surface area contributed by atoms with Crippen molar-refractivity contribution in [3.63, 3.8) is 0 Å². The first kappa shape index (κ1) is 25.5. The van der Waals surface area contributed by atoms with E-state index < -0.39 is 29.0 Å². The number of aliphatic hydroxyl groups excluding tert-OH is 3. The Morgan fingerprint density at radius 2 is 1.74 bits per heavy atom. The number of rotatable bonds is 2. The van der Waals surface area contributed by atoms with Crippen LogP contribution in [0, 0.1) is 50.7 Å². The lowest BCUT2D eigenvalue weighted by molar-refractivity contribution is -0.242. The van der Waals surface area contributed by atoms with E-state index in [1.54, 1.807) is 0 Å². The number of carbonyl (C=O) groups is 1. The lowest BCUT2D eigenvalue weighted by atomic mass is 9.33. The molecule has 5 nitrogen and oxygen atoms in total. The molecule has 0 heterocycles. The van der Waals surface area contributed by atoms with E-state index in [1.807, 2.05) is 6.92 Å². The summed E-state index contributed by atoms with van der Waals surface area (Å²) in [5.74, 6) is -0.0184. The first-order valence-corrected chi connectivity index (χ1v) is 13.8. The number of aliphatic carboxylic acids is 1. The van der Waals surface area contributed by atoms with E-state index in [2.05, 4.69) is 40.3 Å². The van der Waals surface area contributed by atoms with Gasteiger partial charge in [-0.3, -0.25) is 4.79 Å². The van der Waals surface area contributed by atoms with Crippen molar-refractivity contribution in [2.45, 2.75) is 98.2 Å². The van der Waals surface area contributed by atoms with Crippen LogP contribution in [-0.4, -0.2) is 45.2 Å². The van der Waals surface area contributed by atoms with Crippen LogP contribution >= 0.6 is 0 Å². The molecule has 0 amide bonds. The van der Waals surface area contributed by atoms with E-state index in [0.29, 0.717) is 24.7 Å². The van der Waals surface area contributed by atoms with Crippen molar-refractivity contribution >= 4 is 5.97 Å². The summed E-state index contributed by atoms with van der Waals surface area (Å²) in [6, 6.07) is 0. The Hall–Kier alpha value is -1.17. The predicted molar refractivity (Wildman–Crippen MR) is 135 cm³/mol. The lowest BCUT2D eigenvalue weighted by Crippen LogP contribution is -2.68. The molecule has 0 aromatic rings. The van der Waals surface area contributed by atoms with Gasteiger partial charge in [0.05, 0.1) is 24.2 Å². The maximum Gasteiger partial charge on any atom is 0.310 e. The molecule has 0 aliphatic heterocycles. The van der Waals surface area contributed by atoms with Gasteiger partial charge in [0.25, 0.3) is 0 Å². The molecule has 35 heavy (non-hydrogen) atoms. The van der Waals surface area contributed by atoms with Gasteiger partial charge in [-0.05, 0) is 85.4 Å². The Labute approximate surface area is 210 Å². The number of hydrogen-bond donors (Lipinski definition) is 4. The fraction of sp³-hybridized carbons (Fsp3) is 0.833. The fourth-order valence-corrected chi connectivity index (χ4v) is 10.6. The van der Waals surface area contributed by atoms with Gasteiger partial charge < -0.3 is 20.4 Å². The second kappa shape index (κ2) is 7.68. The van der Waals surface area contributed by atoms with E-state index in [4.69, 9.17) is 0 Å². The van der Waals surface area contributed by atoms with Gasteiger partial charge >= 0.3 is 5.97 Å². The zero-order chi connectivity index (χ0) is 25.8. The molecule has 4 N–H and O–H groups in total. The highest BCUT2D eigenvalue weighted by atomic mass is 16.4. The van der Waals surface area contributed by atoms with Crippen LogP contribution < -0.4 is 0 Å². The van der Waals surface area contributed by atoms with Gasteiger partial charge in [0, 0.05) is 11.3 Å². The minimum atomic E-state index is -0.918. The van der Waals surface area contributed by atoms with Gasteiger partial charge in [-0.2, -0.15) is 0 Å². The van der Waals surface area contributed by atoms with Gasteiger partial charge in [-0.1, -0.05) is 58.4 Å². The summed E-state index contributed by atoms with van der Waals surface area (Å²) in [7, 11) is 0. The number of aliphatic hydroxyl groups is 3. The van der Waals surface area contributed by atoms with Crippen LogP contribution in [-0.2, 0) is 4.79 Å². The smallest absolute Gasteiger partial charge is 0.310 e. The molecule has 5 aliphatic rings. The van der Waals surface area contributed by atoms with Gasteiger partial charge in [0.15, 0.2) is 0 Å². The van der Waals surface area contributed by atoms with E-state index in [1.165, 1.54) is 5.57 Å². The van der Waals surface area contributed by atoms with Gasteiger partial charge in [0.1, 0.15) is 0 Å². The third-order valence-electron chi connectivity index (χ3n) is 13.0. The molecule has 196 valence electrons.